The molecular formula is C13H5F5N2S. The van der Waals surface area contributed by atoms with Gasteiger partial charge in [0.15, 0.2) is 23.3 Å². The summed E-state index contributed by atoms with van der Waals surface area (Å²) in [6, 6.07) is 4.52. The zero-order valence-electron chi connectivity index (χ0n) is 10.1. The van der Waals surface area contributed by atoms with E-state index in [0.717, 1.165) is 11.3 Å². The number of halogens is 5. The number of nitrogen functional groups attached to an aromatic ring is 1. The predicted molar refractivity (Wildman–Crippen MR) is 69.3 cm³/mol. The van der Waals surface area contributed by atoms with Crippen LogP contribution < -0.4 is 5.73 Å². The van der Waals surface area contributed by atoms with E-state index in [9.17, 15) is 22.0 Å². The van der Waals surface area contributed by atoms with E-state index in [0.29, 0.717) is 15.9 Å². The average Bonchev–Trinajstić information content (AvgIpc) is 2.85. The molecule has 8 heteroatoms. The zero-order valence-corrected chi connectivity index (χ0v) is 10.9. The molecule has 0 amide bonds. The fourth-order valence-electron chi connectivity index (χ4n) is 1.84. The molecule has 0 radical (unpaired) electrons. The number of benzene rings is 2. The largest absolute Gasteiger partial charge is 0.399 e. The fourth-order valence-corrected chi connectivity index (χ4v) is 2.89. The molecule has 1 aromatic heterocycles. The Bertz CT molecular complexity index is 846. The highest BCUT2D eigenvalue weighted by atomic mass is 32.1. The predicted octanol–water partition coefficient (Wildman–Crippen LogP) is 4.24. The zero-order chi connectivity index (χ0) is 15.3. The first kappa shape index (κ1) is 13.7. The molecule has 0 atom stereocenters. The van der Waals surface area contributed by atoms with Crippen molar-refractivity contribution in [3.05, 3.63) is 47.3 Å². The highest BCUT2D eigenvalue weighted by Crippen LogP contribution is 2.36. The summed E-state index contributed by atoms with van der Waals surface area (Å²) in [5.41, 5.74) is 5.28. The minimum atomic E-state index is -2.20. The molecule has 21 heavy (non-hydrogen) atoms. The Kier molecular flexibility index (Phi) is 3.05. The molecule has 2 nitrogen and oxygen atoms in total. The first-order valence-corrected chi connectivity index (χ1v) is 6.39. The van der Waals surface area contributed by atoms with E-state index in [4.69, 9.17) is 5.73 Å². The number of anilines is 1. The molecule has 0 saturated heterocycles. The minimum absolute atomic E-state index is 0.302. The molecule has 0 aliphatic rings. The summed E-state index contributed by atoms with van der Waals surface area (Å²) >= 11 is 0.789. The van der Waals surface area contributed by atoms with Gasteiger partial charge in [0.1, 0.15) is 5.01 Å². The lowest BCUT2D eigenvalue weighted by Crippen LogP contribution is -2.03. The van der Waals surface area contributed by atoms with Crippen LogP contribution in [0.4, 0.5) is 27.6 Å². The topological polar surface area (TPSA) is 38.9 Å². The molecule has 0 saturated carbocycles. The molecule has 3 rings (SSSR count). The van der Waals surface area contributed by atoms with E-state index in [-0.39, 0.29) is 5.01 Å². The normalized spacial score (nSPS) is 11.3. The number of nitrogens with zero attached hydrogens (tertiary/aromatic N) is 1. The van der Waals surface area contributed by atoms with Gasteiger partial charge < -0.3 is 5.73 Å². The maximum absolute atomic E-state index is 13.7. The second-order valence-corrected chi connectivity index (χ2v) is 5.22. The molecule has 0 aliphatic carbocycles. The number of thiazole rings is 1. The second kappa shape index (κ2) is 4.66. The van der Waals surface area contributed by atoms with Gasteiger partial charge >= 0.3 is 0 Å². The number of hydrogen-bond acceptors (Lipinski definition) is 3. The Morgan fingerprint density at radius 2 is 1.43 bits per heavy atom. The van der Waals surface area contributed by atoms with Crippen LogP contribution in [0.2, 0.25) is 0 Å². The van der Waals surface area contributed by atoms with Crippen molar-refractivity contribution < 1.29 is 22.0 Å². The van der Waals surface area contributed by atoms with Crippen LogP contribution in [0.25, 0.3) is 20.8 Å². The van der Waals surface area contributed by atoms with Gasteiger partial charge in [0.25, 0.3) is 0 Å². The van der Waals surface area contributed by atoms with Gasteiger partial charge in [0.05, 0.1) is 15.8 Å². The number of aromatic nitrogens is 1. The average molecular weight is 316 g/mol. The first-order chi connectivity index (χ1) is 9.90. The van der Waals surface area contributed by atoms with Crippen LogP contribution in [-0.2, 0) is 0 Å². The van der Waals surface area contributed by atoms with Gasteiger partial charge in [0, 0.05) is 5.69 Å². The Labute approximate surface area is 118 Å². The van der Waals surface area contributed by atoms with Crippen molar-refractivity contribution in [2.45, 2.75) is 0 Å². The molecule has 0 bridgehead atoms. The van der Waals surface area contributed by atoms with Crippen LogP contribution in [-0.4, -0.2) is 4.98 Å². The molecule has 3 aromatic rings. The molecule has 0 spiro atoms. The van der Waals surface area contributed by atoms with Gasteiger partial charge in [-0.15, -0.1) is 11.3 Å². The monoisotopic (exact) mass is 316 g/mol. The summed E-state index contributed by atoms with van der Waals surface area (Å²) in [7, 11) is 0. The summed E-state index contributed by atoms with van der Waals surface area (Å²) < 4.78 is 67.3. The summed E-state index contributed by atoms with van der Waals surface area (Å²) in [4.78, 5) is 3.88. The molecule has 0 fully saturated rings. The number of fused-ring (bicyclic) bond motifs is 1. The lowest BCUT2D eigenvalue weighted by atomic mass is 10.2. The number of hydrogen-bond donors (Lipinski definition) is 1. The van der Waals surface area contributed by atoms with Crippen molar-refractivity contribution in [3.63, 3.8) is 0 Å². The van der Waals surface area contributed by atoms with Crippen LogP contribution >= 0.6 is 11.3 Å². The summed E-state index contributed by atoms with van der Waals surface area (Å²) in [5, 5.41) is -0.302. The SMILES string of the molecule is Nc1ccc2nc(-c3c(F)c(F)c(F)c(F)c3F)sc2c1. The summed E-state index contributed by atoms with van der Waals surface area (Å²) in [5.74, 6) is -10.00. The standard InChI is InChI=1S/C13H5F5N2S/c14-8-7(9(15)11(17)12(18)10(8)16)13-20-5-2-1-4(19)3-6(5)21-13/h1-3H,19H2. The fraction of sp³-hybridized carbons (Fsp3) is 0. The van der Waals surface area contributed by atoms with Gasteiger partial charge in [-0.05, 0) is 18.2 Å². The second-order valence-electron chi connectivity index (χ2n) is 4.19. The van der Waals surface area contributed by atoms with Crippen LogP contribution in [0, 0.1) is 29.1 Å². The molecule has 0 aliphatic heterocycles. The van der Waals surface area contributed by atoms with Gasteiger partial charge in [-0.25, -0.2) is 26.9 Å². The Balaban J connectivity index is 2.32. The van der Waals surface area contributed by atoms with Crippen LogP contribution in [0.1, 0.15) is 0 Å². The van der Waals surface area contributed by atoms with Gasteiger partial charge in [0.2, 0.25) is 5.82 Å². The quantitative estimate of drug-likeness (QED) is 0.316. The van der Waals surface area contributed by atoms with E-state index < -0.39 is 34.6 Å². The molecular weight excluding hydrogens is 311 g/mol. The number of nitrogens with two attached hydrogens (primary N) is 1. The van der Waals surface area contributed by atoms with Crippen molar-refractivity contribution in [1.29, 1.82) is 0 Å². The third-order valence-electron chi connectivity index (χ3n) is 2.84. The van der Waals surface area contributed by atoms with Gasteiger partial charge in [-0.3, -0.25) is 0 Å². The molecule has 0 unspecified atom stereocenters. The van der Waals surface area contributed by atoms with E-state index in [1.807, 2.05) is 0 Å². The molecule has 2 N–H and O–H groups in total. The van der Waals surface area contributed by atoms with E-state index in [1.165, 1.54) is 18.2 Å². The van der Waals surface area contributed by atoms with Crippen LogP contribution in [0.15, 0.2) is 18.2 Å². The summed E-state index contributed by atoms with van der Waals surface area (Å²) in [6.45, 7) is 0. The van der Waals surface area contributed by atoms with E-state index >= 15 is 0 Å². The summed E-state index contributed by atoms with van der Waals surface area (Å²) in [6.07, 6.45) is 0. The van der Waals surface area contributed by atoms with E-state index in [2.05, 4.69) is 4.98 Å². The maximum Gasteiger partial charge on any atom is 0.200 e. The Morgan fingerprint density at radius 3 is 2.05 bits per heavy atom. The van der Waals surface area contributed by atoms with Crippen LogP contribution in [0.3, 0.4) is 0 Å². The van der Waals surface area contributed by atoms with Gasteiger partial charge in [-0.1, -0.05) is 0 Å². The van der Waals surface area contributed by atoms with Crippen molar-refractivity contribution in [1.82, 2.24) is 4.98 Å². The third-order valence-corrected chi connectivity index (χ3v) is 3.87. The molecule has 108 valence electrons. The minimum Gasteiger partial charge on any atom is -0.399 e. The van der Waals surface area contributed by atoms with Crippen molar-refractivity contribution in [2.24, 2.45) is 0 Å². The van der Waals surface area contributed by atoms with Crippen LogP contribution in [0.5, 0.6) is 0 Å². The highest BCUT2D eigenvalue weighted by Gasteiger charge is 2.28. The van der Waals surface area contributed by atoms with Crippen molar-refractivity contribution in [3.8, 4) is 10.6 Å². The van der Waals surface area contributed by atoms with E-state index in [1.54, 1.807) is 0 Å². The first-order valence-electron chi connectivity index (χ1n) is 5.58. The van der Waals surface area contributed by atoms with Crippen molar-refractivity contribution >= 4 is 27.2 Å². The third kappa shape index (κ3) is 2.02. The van der Waals surface area contributed by atoms with Crippen molar-refractivity contribution in [2.75, 3.05) is 5.73 Å². The Hall–Kier alpha value is -2.22. The molecule has 2 aromatic carbocycles. The lowest BCUT2D eigenvalue weighted by molar-refractivity contribution is 0.381. The smallest absolute Gasteiger partial charge is 0.200 e. The lowest BCUT2D eigenvalue weighted by Gasteiger charge is -2.05. The maximum atomic E-state index is 13.7. The Morgan fingerprint density at radius 1 is 0.857 bits per heavy atom. The molecule has 1 heterocycles. The number of rotatable bonds is 1. The van der Waals surface area contributed by atoms with Gasteiger partial charge in [-0.2, -0.15) is 0 Å². The highest BCUT2D eigenvalue weighted by molar-refractivity contribution is 7.21.